The summed E-state index contributed by atoms with van der Waals surface area (Å²) in [6.45, 7) is -0.00430. The van der Waals surface area contributed by atoms with E-state index in [0.717, 1.165) is 33.3 Å². The summed E-state index contributed by atoms with van der Waals surface area (Å²) in [4.78, 5) is 20.7. The topological polar surface area (TPSA) is 105 Å². The second-order valence-corrected chi connectivity index (χ2v) is 9.63. The SMILES string of the molecule is COc1ccc(CCCN(c2ccc(F)c(NC(=O)c3csc4c(Cl)ncnc34)c2F)S(=O)O)cc1. The first-order valence-corrected chi connectivity index (χ1v) is 12.8. The number of hydrogen-bond acceptors (Lipinski definition) is 6. The third-order valence-electron chi connectivity index (χ3n) is 5.31. The van der Waals surface area contributed by atoms with E-state index >= 15 is 4.39 Å². The summed E-state index contributed by atoms with van der Waals surface area (Å²) in [6, 6.07) is 9.27. The summed E-state index contributed by atoms with van der Waals surface area (Å²) in [5.74, 6) is -2.34. The smallest absolute Gasteiger partial charge is 0.261 e. The van der Waals surface area contributed by atoms with Crippen molar-refractivity contribution in [3.63, 3.8) is 0 Å². The molecule has 1 unspecified atom stereocenters. The predicted octanol–water partition coefficient (Wildman–Crippen LogP) is 5.46. The molecule has 2 aromatic heterocycles. The minimum atomic E-state index is -2.60. The van der Waals surface area contributed by atoms with Crippen LogP contribution in [0.4, 0.5) is 20.2 Å². The van der Waals surface area contributed by atoms with Crippen LogP contribution in [0.2, 0.25) is 5.15 Å². The Balaban J connectivity index is 1.54. The maximum absolute atomic E-state index is 15.4. The Morgan fingerprint density at radius 3 is 2.67 bits per heavy atom. The zero-order valence-electron chi connectivity index (χ0n) is 18.7. The van der Waals surface area contributed by atoms with Gasteiger partial charge in [-0.15, -0.1) is 11.3 Å². The molecule has 2 aromatic carbocycles. The molecule has 0 saturated carbocycles. The Morgan fingerprint density at radius 2 is 1.97 bits per heavy atom. The fourth-order valence-electron chi connectivity index (χ4n) is 3.51. The van der Waals surface area contributed by atoms with E-state index in [9.17, 15) is 17.9 Å². The molecule has 188 valence electrons. The summed E-state index contributed by atoms with van der Waals surface area (Å²) < 4.78 is 58.2. The number of ether oxygens (including phenoxy) is 1. The lowest BCUT2D eigenvalue weighted by Gasteiger charge is -2.22. The molecule has 2 heterocycles. The molecule has 0 fully saturated rings. The highest BCUT2D eigenvalue weighted by Gasteiger charge is 2.24. The van der Waals surface area contributed by atoms with Crippen molar-refractivity contribution in [2.45, 2.75) is 12.8 Å². The molecular formula is C23H19ClF2N4O4S2. The summed E-state index contributed by atoms with van der Waals surface area (Å²) in [7, 11) is 1.56. The molecular weight excluding hydrogens is 534 g/mol. The van der Waals surface area contributed by atoms with Gasteiger partial charge in [0, 0.05) is 11.9 Å². The van der Waals surface area contributed by atoms with Crippen LogP contribution in [0.1, 0.15) is 22.3 Å². The number of hydrogen-bond donors (Lipinski definition) is 2. The Labute approximate surface area is 216 Å². The molecule has 0 aliphatic heterocycles. The van der Waals surface area contributed by atoms with Crippen LogP contribution in [0.5, 0.6) is 5.75 Å². The van der Waals surface area contributed by atoms with E-state index in [0.29, 0.717) is 23.3 Å². The molecule has 0 spiro atoms. The molecule has 8 nitrogen and oxygen atoms in total. The zero-order valence-corrected chi connectivity index (χ0v) is 21.1. The number of halogens is 3. The van der Waals surface area contributed by atoms with Gasteiger partial charge >= 0.3 is 0 Å². The van der Waals surface area contributed by atoms with Crippen molar-refractivity contribution in [3.05, 3.63) is 76.0 Å². The van der Waals surface area contributed by atoms with Crippen molar-refractivity contribution < 1.29 is 27.1 Å². The maximum atomic E-state index is 15.4. The Bertz CT molecular complexity index is 1440. The van der Waals surface area contributed by atoms with Gasteiger partial charge in [-0.05, 0) is 42.7 Å². The first-order valence-electron chi connectivity index (χ1n) is 10.5. The summed E-state index contributed by atoms with van der Waals surface area (Å²) in [5, 5.41) is 3.82. The van der Waals surface area contributed by atoms with E-state index in [1.165, 1.54) is 11.7 Å². The van der Waals surface area contributed by atoms with Gasteiger partial charge in [-0.25, -0.2) is 23.0 Å². The van der Waals surface area contributed by atoms with Crippen molar-refractivity contribution in [2.24, 2.45) is 0 Å². The summed E-state index contributed by atoms with van der Waals surface area (Å²) in [5.41, 5.74) is 0.181. The fraction of sp³-hybridized carbons (Fsp3) is 0.174. The molecule has 4 rings (SSSR count). The minimum absolute atomic E-state index is 0.00430. The number of carbonyl (C=O) groups is 1. The van der Waals surface area contributed by atoms with Crippen molar-refractivity contribution >= 4 is 61.7 Å². The van der Waals surface area contributed by atoms with Gasteiger partial charge in [0.15, 0.2) is 5.82 Å². The predicted molar refractivity (Wildman–Crippen MR) is 136 cm³/mol. The highest BCUT2D eigenvalue weighted by atomic mass is 35.5. The molecule has 13 heteroatoms. The van der Waals surface area contributed by atoms with E-state index in [-0.39, 0.29) is 28.5 Å². The number of anilines is 2. The van der Waals surface area contributed by atoms with Gasteiger partial charge in [0.05, 0.1) is 28.6 Å². The number of nitrogens with one attached hydrogen (secondary N) is 1. The van der Waals surface area contributed by atoms with Gasteiger partial charge in [-0.2, -0.15) is 0 Å². The van der Waals surface area contributed by atoms with Crippen molar-refractivity contribution in [1.82, 2.24) is 9.97 Å². The van der Waals surface area contributed by atoms with Crippen molar-refractivity contribution in [2.75, 3.05) is 23.3 Å². The molecule has 0 bridgehead atoms. The first-order chi connectivity index (χ1) is 17.3. The van der Waals surface area contributed by atoms with Crippen LogP contribution in [-0.2, 0) is 17.7 Å². The largest absolute Gasteiger partial charge is 0.497 e. The van der Waals surface area contributed by atoms with Crippen LogP contribution in [0.15, 0.2) is 48.1 Å². The molecule has 1 atom stereocenters. The average Bonchev–Trinajstić information content (AvgIpc) is 3.31. The number of aryl methyl sites for hydroxylation is 1. The molecule has 36 heavy (non-hydrogen) atoms. The van der Waals surface area contributed by atoms with Crippen molar-refractivity contribution in [1.29, 1.82) is 0 Å². The monoisotopic (exact) mass is 552 g/mol. The molecule has 0 aliphatic rings. The van der Waals surface area contributed by atoms with Crippen LogP contribution in [-0.4, -0.2) is 38.3 Å². The maximum Gasteiger partial charge on any atom is 0.261 e. The number of rotatable bonds is 9. The van der Waals surface area contributed by atoms with Crippen molar-refractivity contribution in [3.8, 4) is 5.75 Å². The third kappa shape index (κ3) is 5.46. The first kappa shape index (κ1) is 25.9. The van der Waals surface area contributed by atoms with Gasteiger partial charge < -0.3 is 10.1 Å². The lowest BCUT2D eigenvalue weighted by atomic mass is 10.1. The van der Waals surface area contributed by atoms with Crippen LogP contribution >= 0.6 is 22.9 Å². The highest BCUT2D eigenvalue weighted by molar-refractivity contribution is 7.80. The Hall–Kier alpha value is -3.19. The number of thiophene rings is 1. The number of benzene rings is 2. The van der Waals surface area contributed by atoms with Crippen LogP contribution in [0.3, 0.4) is 0 Å². The van der Waals surface area contributed by atoms with Gasteiger partial charge in [0.2, 0.25) is 0 Å². The number of aromatic nitrogens is 2. The fourth-order valence-corrected chi connectivity index (χ4v) is 5.25. The van der Waals surface area contributed by atoms with E-state index in [1.54, 1.807) is 19.2 Å². The second kappa shape index (κ2) is 11.2. The molecule has 0 saturated heterocycles. The zero-order chi connectivity index (χ0) is 25.8. The normalized spacial score (nSPS) is 11.9. The molecule has 0 radical (unpaired) electrons. The second-order valence-electron chi connectivity index (χ2n) is 7.49. The Kier molecular flexibility index (Phi) is 8.09. The number of fused-ring (bicyclic) bond motifs is 1. The lowest BCUT2D eigenvalue weighted by molar-refractivity contribution is 0.102. The minimum Gasteiger partial charge on any atom is -0.497 e. The summed E-state index contributed by atoms with van der Waals surface area (Å²) >= 11 is 4.53. The number of methoxy groups -OCH3 is 1. The average molecular weight is 553 g/mol. The van der Waals surface area contributed by atoms with Gasteiger partial charge in [-0.1, -0.05) is 23.7 Å². The molecule has 0 aliphatic carbocycles. The van der Waals surface area contributed by atoms with Crippen LogP contribution in [0, 0.1) is 11.6 Å². The highest BCUT2D eigenvalue weighted by Crippen LogP contribution is 2.32. The van der Waals surface area contributed by atoms with Crippen LogP contribution in [0.25, 0.3) is 10.2 Å². The van der Waals surface area contributed by atoms with Crippen LogP contribution < -0.4 is 14.4 Å². The van der Waals surface area contributed by atoms with E-state index in [4.69, 9.17) is 16.3 Å². The molecule has 1 amide bonds. The molecule has 2 N–H and O–H groups in total. The summed E-state index contributed by atoms with van der Waals surface area (Å²) in [6.07, 6.45) is 2.12. The Morgan fingerprint density at radius 1 is 1.22 bits per heavy atom. The van der Waals surface area contributed by atoms with E-state index in [1.807, 2.05) is 12.1 Å². The number of amides is 1. The van der Waals surface area contributed by atoms with Gasteiger partial charge in [0.1, 0.15) is 28.7 Å². The van der Waals surface area contributed by atoms with E-state index < -0.39 is 34.5 Å². The van der Waals surface area contributed by atoms with Gasteiger partial charge in [0.25, 0.3) is 17.2 Å². The third-order valence-corrected chi connectivity index (χ3v) is 7.44. The van der Waals surface area contributed by atoms with Gasteiger partial charge in [-0.3, -0.25) is 13.7 Å². The quantitative estimate of drug-likeness (QED) is 0.211. The number of nitrogens with zero attached hydrogens (tertiary/aromatic N) is 3. The number of carbonyl (C=O) groups excluding carboxylic acids is 1. The molecule has 4 aromatic rings. The standard InChI is InChI=1S/C23H19ClF2N4O4S2/c1-34-14-6-4-13(5-7-14)3-2-10-30(36(32)33)17-9-8-16(25)20(18(17)26)29-23(31)15-11-35-21-19(15)27-12-28-22(21)24/h4-9,11-12H,2-3,10H2,1H3,(H,29,31)(H,32,33). The lowest BCUT2D eigenvalue weighted by Crippen LogP contribution is -2.28. The van der Waals surface area contributed by atoms with E-state index in [2.05, 4.69) is 15.3 Å².